The Morgan fingerprint density at radius 1 is 1.53 bits per heavy atom. The Labute approximate surface area is 110 Å². The van der Waals surface area contributed by atoms with Crippen LogP contribution in [-0.2, 0) is 0 Å². The van der Waals surface area contributed by atoms with E-state index < -0.39 is 0 Å². The lowest BCUT2D eigenvalue weighted by molar-refractivity contribution is 0.345. The van der Waals surface area contributed by atoms with Crippen LogP contribution in [0.4, 0.5) is 4.39 Å². The fourth-order valence-corrected chi connectivity index (χ4v) is 1.40. The van der Waals surface area contributed by atoms with Crippen LogP contribution in [0.3, 0.4) is 0 Å². The molecule has 0 aliphatic rings. The maximum Gasteiger partial charge on any atom is 0.141 e. The predicted octanol–water partition coefficient (Wildman–Crippen LogP) is 3.52. The molecule has 0 atom stereocenters. The van der Waals surface area contributed by atoms with Crippen LogP contribution in [0.15, 0.2) is 34.8 Å². The van der Waals surface area contributed by atoms with Gasteiger partial charge in [0.25, 0.3) is 0 Å². The lowest BCUT2D eigenvalue weighted by Crippen LogP contribution is -2.26. The van der Waals surface area contributed by atoms with Gasteiger partial charge in [0.15, 0.2) is 0 Å². The second-order valence-electron chi connectivity index (χ2n) is 4.15. The number of hydrogen-bond acceptors (Lipinski definition) is 2. The summed E-state index contributed by atoms with van der Waals surface area (Å²) in [5.41, 5.74) is 0.932. The fourth-order valence-electron chi connectivity index (χ4n) is 1.15. The summed E-state index contributed by atoms with van der Waals surface area (Å²) in [4.78, 5) is 0. The highest BCUT2D eigenvalue weighted by atomic mass is 79.9. The highest BCUT2D eigenvalue weighted by Crippen LogP contribution is 2.21. The minimum absolute atomic E-state index is 0.326. The maximum atomic E-state index is 13.2. The van der Waals surface area contributed by atoms with E-state index in [-0.39, 0.29) is 5.82 Å². The molecule has 2 nitrogen and oxygen atoms in total. The first-order valence-electron chi connectivity index (χ1n) is 5.47. The summed E-state index contributed by atoms with van der Waals surface area (Å²) in [5.74, 6) is 0.185. The van der Waals surface area contributed by atoms with Crippen molar-refractivity contribution in [1.82, 2.24) is 5.32 Å². The van der Waals surface area contributed by atoms with Crippen molar-refractivity contribution in [2.45, 2.75) is 19.9 Å². The van der Waals surface area contributed by atoms with Gasteiger partial charge in [-0.3, -0.25) is 0 Å². The third-order valence-electron chi connectivity index (χ3n) is 2.09. The number of halogens is 2. The normalized spacial score (nSPS) is 10.6. The summed E-state index contributed by atoms with van der Waals surface area (Å²) in [6, 6.07) is 5.11. The molecule has 0 aliphatic heterocycles. The zero-order valence-electron chi connectivity index (χ0n) is 10.1. The van der Waals surface area contributed by atoms with E-state index in [1.54, 1.807) is 12.1 Å². The van der Waals surface area contributed by atoms with Crippen LogP contribution < -0.4 is 10.1 Å². The lowest BCUT2D eigenvalue weighted by Gasteiger charge is -2.12. The molecule has 0 spiro atoms. The van der Waals surface area contributed by atoms with Crippen LogP contribution in [0.1, 0.15) is 13.8 Å². The van der Waals surface area contributed by atoms with Gasteiger partial charge < -0.3 is 10.1 Å². The van der Waals surface area contributed by atoms with Crippen molar-refractivity contribution in [2.24, 2.45) is 0 Å². The molecule has 94 valence electrons. The van der Waals surface area contributed by atoms with Crippen LogP contribution in [0.25, 0.3) is 0 Å². The van der Waals surface area contributed by atoms with E-state index in [1.165, 1.54) is 6.07 Å². The van der Waals surface area contributed by atoms with E-state index in [4.69, 9.17) is 4.74 Å². The molecule has 0 amide bonds. The standard InChI is InChI=1S/C13H17BrFNO/c1-9(2)16-7-10(3)8-17-11-4-5-12(14)13(15)6-11/h4-6,9,16H,3,7-8H2,1-2H3. The molecule has 4 heteroatoms. The molecule has 0 aliphatic carbocycles. The zero-order valence-corrected chi connectivity index (χ0v) is 11.7. The number of benzene rings is 1. The van der Waals surface area contributed by atoms with E-state index in [0.29, 0.717) is 29.4 Å². The molecule has 0 unspecified atom stereocenters. The van der Waals surface area contributed by atoms with Gasteiger partial charge in [-0.1, -0.05) is 20.4 Å². The highest BCUT2D eigenvalue weighted by Gasteiger charge is 2.02. The van der Waals surface area contributed by atoms with E-state index in [2.05, 4.69) is 41.7 Å². The number of rotatable bonds is 6. The third-order valence-corrected chi connectivity index (χ3v) is 2.74. The van der Waals surface area contributed by atoms with Gasteiger partial charge in [0.2, 0.25) is 0 Å². The number of nitrogens with one attached hydrogen (secondary N) is 1. The van der Waals surface area contributed by atoms with Gasteiger partial charge in [0, 0.05) is 18.7 Å². The molecule has 0 saturated heterocycles. The molecule has 0 bridgehead atoms. The number of ether oxygens (including phenoxy) is 1. The Bertz CT molecular complexity index is 393. The minimum atomic E-state index is -0.326. The van der Waals surface area contributed by atoms with E-state index in [9.17, 15) is 4.39 Å². The highest BCUT2D eigenvalue weighted by molar-refractivity contribution is 9.10. The molecule has 1 aromatic carbocycles. The predicted molar refractivity (Wildman–Crippen MR) is 71.9 cm³/mol. The summed E-state index contributed by atoms with van der Waals surface area (Å²) in [5, 5.41) is 3.24. The van der Waals surface area contributed by atoms with Crippen LogP contribution in [0, 0.1) is 5.82 Å². The maximum absolute atomic E-state index is 13.2. The average molecular weight is 302 g/mol. The average Bonchev–Trinajstić information content (AvgIpc) is 2.28. The van der Waals surface area contributed by atoms with E-state index >= 15 is 0 Å². The smallest absolute Gasteiger partial charge is 0.141 e. The van der Waals surface area contributed by atoms with Crippen molar-refractivity contribution in [2.75, 3.05) is 13.2 Å². The summed E-state index contributed by atoms with van der Waals surface area (Å²) in [6.07, 6.45) is 0. The van der Waals surface area contributed by atoms with Gasteiger partial charge in [-0.2, -0.15) is 0 Å². The van der Waals surface area contributed by atoms with E-state index in [0.717, 1.165) is 5.57 Å². The topological polar surface area (TPSA) is 21.3 Å². The van der Waals surface area contributed by atoms with Crippen molar-refractivity contribution in [3.05, 3.63) is 40.6 Å². The molecule has 0 fully saturated rings. The first kappa shape index (κ1) is 14.2. The third kappa shape index (κ3) is 5.33. The monoisotopic (exact) mass is 301 g/mol. The van der Waals surface area contributed by atoms with Crippen molar-refractivity contribution < 1.29 is 9.13 Å². The molecule has 0 heterocycles. The van der Waals surface area contributed by atoms with E-state index in [1.807, 2.05) is 0 Å². The summed E-state index contributed by atoms with van der Waals surface area (Å²) < 4.78 is 19.1. The molecular formula is C13H17BrFNO. The Kier molecular flexibility index (Phi) is 5.65. The largest absolute Gasteiger partial charge is 0.489 e. The Balaban J connectivity index is 2.39. The molecule has 1 rings (SSSR count). The van der Waals surface area contributed by atoms with Crippen molar-refractivity contribution in [3.8, 4) is 5.75 Å². The van der Waals surface area contributed by atoms with Crippen LogP contribution in [-0.4, -0.2) is 19.2 Å². The molecule has 17 heavy (non-hydrogen) atoms. The molecule has 1 N–H and O–H groups in total. The SMILES string of the molecule is C=C(CNC(C)C)COc1ccc(Br)c(F)c1. The van der Waals surface area contributed by atoms with Gasteiger partial charge >= 0.3 is 0 Å². The molecular weight excluding hydrogens is 285 g/mol. The van der Waals surface area contributed by atoms with Crippen LogP contribution in [0.5, 0.6) is 5.75 Å². The van der Waals surface area contributed by atoms with Crippen molar-refractivity contribution >= 4 is 15.9 Å². The van der Waals surface area contributed by atoms with Gasteiger partial charge in [0.05, 0.1) is 4.47 Å². The molecule has 0 saturated carbocycles. The quantitative estimate of drug-likeness (QED) is 0.812. The van der Waals surface area contributed by atoms with Gasteiger partial charge in [-0.15, -0.1) is 0 Å². The zero-order chi connectivity index (χ0) is 12.8. The fraction of sp³-hybridized carbons (Fsp3) is 0.385. The van der Waals surface area contributed by atoms with Crippen LogP contribution in [0.2, 0.25) is 0 Å². The molecule has 0 aromatic heterocycles. The summed E-state index contributed by atoms with van der Waals surface area (Å²) >= 11 is 3.09. The second kappa shape index (κ2) is 6.77. The summed E-state index contributed by atoms with van der Waals surface area (Å²) in [6.45, 7) is 9.12. The molecule has 0 radical (unpaired) electrons. The summed E-state index contributed by atoms with van der Waals surface area (Å²) in [7, 11) is 0. The Morgan fingerprint density at radius 3 is 2.82 bits per heavy atom. The van der Waals surface area contributed by atoms with Gasteiger partial charge in [-0.25, -0.2) is 4.39 Å². The minimum Gasteiger partial charge on any atom is -0.489 e. The molecule has 1 aromatic rings. The first-order chi connectivity index (χ1) is 7.99. The van der Waals surface area contributed by atoms with Crippen LogP contribution >= 0.6 is 15.9 Å². The van der Waals surface area contributed by atoms with Gasteiger partial charge in [-0.05, 0) is 33.6 Å². The number of hydrogen-bond donors (Lipinski definition) is 1. The first-order valence-corrected chi connectivity index (χ1v) is 6.26. The lowest BCUT2D eigenvalue weighted by atomic mass is 10.3. The van der Waals surface area contributed by atoms with Crippen molar-refractivity contribution in [3.63, 3.8) is 0 Å². The van der Waals surface area contributed by atoms with Gasteiger partial charge in [0.1, 0.15) is 18.2 Å². The van der Waals surface area contributed by atoms with Crippen molar-refractivity contribution in [1.29, 1.82) is 0 Å². The Morgan fingerprint density at radius 2 is 2.24 bits per heavy atom. The second-order valence-corrected chi connectivity index (χ2v) is 5.00. The Hall–Kier alpha value is -0.870.